The van der Waals surface area contributed by atoms with Gasteiger partial charge in [-0.05, 0) is 29.8 Å². The highest BCUT2D eigenvalue weighted by molar-refractivity contribution is 5.95. The highest BCUT2D eigenvalue weighted by atomic mass is 19.3. The van der Waals surface area contributed by atoms with Crippen LogP contribution in [0.25, 0.3) is 11.1 Å². The van der Waals surface area contributed by atoms with Crippen LogP contribution in [-0.4, -0.2) is 34.8 Å². The standard InChI is InChI=1S/C17H17F2N3O/c18-17(19)6-8-22(9-7-17)16(23)13-3-1-2-12(10-13)14-4-5-15(20)21-11-14/h1-5,10-11H,6-9H2,(H2,20,21). The molecular weight excluding hydrogens is 300 g/mol. The minimum atomic E-state index is -2.66. The smallest absolute Gasteiger partial charge is 0.253 e. The van der Waals surface area contributed by atoms with Crippen LogP contribution in [0.1, 0.15) is 23.2 Å². The molecule has 6 heteroatoms. The molecule has 1 fully saturated rings. The van der Waals surface area contributed by atoms with E-state index in [0.29, 0.717) is 11.4 Å². The molecule has 2 N–H and O–H groups in total. The van der Waals surface area contributed by atoms with Crippen LogP contribution in [0.5, 0.6) is 0 Å². The number of pyridine rings is 1. The lowest BCUT2D eigenvalue weighted by molar-refractivity contribution is -0.0494. The predicted octanol–water partition coefficient (Wildman–Crippen LogP) is 3.20. The van der Waals surface area contributed by atoms with E-state index in [2.05, 4.69) is 4.98 Å². The number of halogens is 2. The first kappa shape index (κ1) is 15.4. The van der Waals surface area contributed by atoms with Crippen LogP contribution in [0.2, 0.25) is 0 Å². The van der Waals surface area contributed by atoms with Crippen LogP contribution in [0, 0.1) is 0 Å². The van der Waals surface area contributed by atoms with Crippen molar-refractivity contribution in [3.05, 3.63) is 48.2 Å². The number of hydrogen-bond donors (Lipinski definition) is 1. The van der Waals surface area contributed by atoms with Gasteiger partial charge in [0.05, 0.1) is 0 Å². The Morgan fingerprint density at radius 3 is 2.52 bits per heavy atom. The largest absolute Gasteiger partial charge is 0.384 e. The van der Waals surface area contributed by atoms with Crippen LogP contribution in [0.4, 0.5) is 14.6 Å². The molecule has 3 rings (SSSR count). The molecule has 23 heavy (non-hydrogen) atoms. The van der Waals surface area contributed by atoms with Crippen molar-refractivity contribution >= 4 is 11.7 Å². The van der Waals surface area contributed by atoms with Crippen molar-refractivity contribution in [2.45, 2.75) is 18.8 Å². The number of piperidine rings is 1. The molecule has 0 aliphatic carbocycles. The lowest BCUT2D eigenvalue weighted by Crippen LogP contribution is -2.42. The number of nitrogens with two attached hydrogens (primary N) is 1. The molecule has 0 saturated carbocycles. The molecule has 1 aromatic carbocycles. The SMILES string of the molecule is Nc1ccc(-c2cccc(C(=O)N3CCC(F)(F)CC3)c2)cn1. The molecule has 1 amide bonds. The number of hydrogen-bond acceptors (Lipinski definition) is 3. The van der Waals surface area contributed by atoms with Crippen molar-refractivity contribution in [3.63, 3.8) is 0 Å². The van der Waals surface area contributed by atoms with Gasteiger partial charge >= 0.3 is 0 Å². The van der Waals surface area contributed by atoms with Crippen molar-refractivity contribution < 1.29 is 13.6 Å². The Morgan fingerprint density at radius 2 is 1.87 bits per heavy atom. The molecule has 0 radical (unpaired) electrons. The van der Waals surface area contributed by atoms with Crippen molar-refractivity contribution in [3.8, 4) is 11.1 Å². The number of nitrogen functional groups attached to an aromatic ring is 1. The second-order valence-corrected chi connectivity index (χ2v) is 5.70. The Balaban J connectivity index is 1.79. The Hall–Kier alpha value is -2.50. The Bertz CT molecular complexity index is 706. The van der Waals surface area contributed by atoms with E-state index in [0.717, 1.165) is 11.1 Å². The third kappa shape index (κ3) is 3.47. The lowest BCUT2D eigenvalue weighted by atomic mass is 10.0. The summed E-state index contributed by atoms with van der Waals surface area (Å²) in [6, 6.07) is 10.6. The molecule has 1 aliphatic heterocycles. The molecule has 0 unspecified atom stereocenters. The Morgan fingerprint density at radius 1 is 1.13 bits per heavy atom. The maximum atomic E-state index is 13.2. The molecule has 1 aliphatic rings. The first-order chi connectivity index (χ1) is 10.9. The number of alkyl halides is 2. The number of nitrogens with zero attached hydrogens (tertiary/aromatic N) is 2. The van der Waals surface area contributed by atoms with Gasteiger partial charge in [-0.3, -0.25) is 4.79 Å². The number of carbonyl (C=O) groups is 1. The molecule has 1 aromatic heterocycles. The van der Waals surface area contributed by atoms with Crippen molar-refractivity contribution in [1.29, 1.82) is 0 Å². The first-order valence-electron chi connectivity index (χ1n) is 7.44. The van der Waals surface area contributed by atoms with Gasteiger partial charge in [-0.15, -0.1) is 0 Å². The zero-order chi connectivity index (χ0) is 16.4. The molecule has 0 atom stereocenters. The van der Waals surface area contributed by atoms with Gasteiger partial charge in [-0.2, -0.15) is 0 Å². The third-order valence-corrected chi connectivity index (χ3v) is 4.01. The van der Waals surface area contributed by atoms with Crippen LogP contribution in [0.15, 0.2) is 42.6 Å². The monoisotopic (exact) mass is 317 g/mol. The minimum absolute atomic E-state index is 0.0828. The topological polar surface area (TPSA) is 59.2 Å². The third-order valence-electron chi connectivity index (χ3n) is 4.01. The highest BCUT2D eigenvalue weighted by Gasteiger charge is 2.35. The summed E-state index contributed by atoms with van der Waals surface area (Å²) in [5.74, 6) is -2.45. The van der Waals surface area contributed by atoms with Gasteiger partial charge in [0.1, 0.15) is 5.82 Å². The zero-order valence-electron chi connectivity index (χ0n) is 12.5. The van der Waals surface area contributed by atoms with Gasteiger partial charge in [0.15, 0.2) is 0 Å². The Kier molecular flexibility index (Phi) is 3.98. The number of carbonyl (C=O) groups excluding carboxylic acids is 1. The van der Waals surface area contributed by atoms with E-state index >= 15 is 0 Å². The summed E-state index contributed by atoms with van der Waals surface area (Å²) in [6.45, 7) is 0.166. The Labute approximate surface area is 132 Å². The van der Waals surface area contributed by atoms with Gasteiger partial charge in [-0.1, -0.05) is 12.1 Å². The van der Waals surface area contributed by atoms with Gasteiger partial charge in [0.2, 0.25) is 0 Å². The summed E-state index contributed by atoms with van der Waals surface area (Å²) in [5, 5.41) is 0. The van der Waals surface area contributed by atoms with Gasteiger partial charge in [0, 0.05) is 43.3 Å². The molecular formula is C17H17F2N3O. The molecule has 0 spiro atoms. The van der Waals surface area contributed by atoms with Crippen LogP contribution in [0.3, 0.4) is 0 Å². The molecule has 2 heterocycles. The number of rotatable bonds is 2. The molecule has 2 aromatic rings. The number of likely N-dealkylation sites (tertiary alicyclic amines) is 1. The van der Waals surface area contributed by atoms with E-state index in [-0.39, 0.29) is 31.8 Å². The number of amides is 1. The van der Waals surface area contributed by atoms with Crippen LogP contribution < -0.4 is 5.73 Å². The fourth-order valence-electron chi connectivity index (χ4n) is 2.63. The van der Waals surface area contributed by atoms with Crippen molar-refractivity contribution in [2.75, 3.05) is 18.8 Å². The number of aromatic nitrogens is 1. The molecule has 0 bridgehead atoms. The second-order valence-electron chi connectivity index (χ2n) is 5.70. The van der Waals surface area contributed by atoms with E-state index in [1.54, 1.807) is 30.5 Å². The highest BCUT2D eigenvalue weighted by Crippen LogP contribution is 2.29. The van der Waals surface area contributed by atoms with Crippen LogP contribution >= 0.6 is 0 Å². The lowest BCUT2D eigenvalue weighted by Gasteiger charge is -2.31. The summed E-state index contributed by atoms with van der Waals surface area (Å²) in [4.78, 5) is 18.0. The predicted molar refractivity (Wildman–Crippen MR) is 84.2 cm³/mol. The summed E-state index contributed by atoms with van der Waals surface area (Å²) in [7, 11) is 0. The maximum absolute atomic E-state index is 13.2. The van der Waals surface area contributed by atoms with Gasteiger partial charge < -0.3 is 10.6 Å². The van der Waals surface area contributed by atoms with E-state index < -0.39 is 5.92 Å². The maximum Gasteiger partial charge on any atom is 0.253 e. The minimum Gasteiger partial charge on any atom is -0.384 e. The summed E-state index contributed by atoms with van der Waals surface area (Å²) in [5.41, 5.74) is 7.74. The fraction of sp³-hybridized carbons (Fsp3) is 0.294. The normalized spacial score (nSPS) is 17.0. The number of benzene rings is 1. The average Bonchev–Trinajstić information content (AvgIpc) is 2.55. The van der Waals surface area contributed by atoms with Crippen molar-refractivity contribution in [1.82, 2.24) is 9.88 Å². The van der Waals surface area contributed by atoms with Crippen molar-refractivity contribution in [2.24, 2.45) is 0 Å². The van der Waals surface area contributed by atoms with Gasteiger partial charge in [-0.25, -0.2) is 13.8 Å². The summed E-state index contributed by atoms with van der Waals surface area (Å²) in [6.07, 6.45) is 1.08. The quantitative estimate of drug-likeness (QED) is 0.925. The van der Waals surface area contributed by atoms with Crippen LogP contribution in [-0.2, 0) is 0 Å². The average molecular weight is 317 g/mol. The molecule has 4 nitrogen and oxygen atoms in total. The van der Waals surface area contributed by atoms with E-state index in [1.807, 2.05) is 12.1 Å². The summed E-state index contributed by atoms with van der Waals surface area (Å²) >= 11 is 0. The first-order valence-corrected chi connectivity index (χ1v) is 7.44. The molecule has 1 saturated heterocycles. The fourth-order valence-corrected chi connectivity index (χ4v) is 2.63. The second kappa shape index (κ2) is 5.95. The van der Waals surface area contributed by atoms with E-state index in [4.69, 9.17) is 5.73 Å². The molecule has 120 valence electrons. The summed E-state index contributed by atoms with van der Waals surface area (Å²) < 4.78 is 26.4. The van der Waals surface area contributed by atoms with E-state index in [1.165, 1.54) is 4.90 Å². The van der Waals surface area contributed by atoms with Gasteiger partial charge in [0.25, 0.3) is 11.8 Å². The zero-order valence-corrected chi connectivity index (χ0v) is 12.5. The number of anilines is 1. The van der Waals surface area contributed by atoms with E-state index in [9.17, 15) is 13.6 Å².